The molecule has 82 valence electrons. The van der Waals surface area contributed by atoms with Gasteiger partial charge in [0.15, 0.2) is 0 Å². The second-order valence-electron chi connectivity index (χ2n) is 3.56. The topological polar surface area (TPSA) is 49.3 Å². The molecule has 2 N–H and O–H groups in total. The summed E-state index contributed by atoms with van der Waals surface area (Å²) in [5, 5.41) is 11.3. The molecule has 0 unspecified atom stereocenters. The van der Waals surface area contributed by atoms with E-state index in [1.165, 1.54) is 5.56 Å². The average molecular weight is 207 g/mol. The minimum atomic E-state index is -0.822. The van der Waals surface area contributed by atoms with Crippen LogP contribution in [0.25, 0.3) is 0 Å². The lowest BCUT2D eigenvalue weighted by molar-refractivity contribution is -0.135. The van der Waals surface area contributed by atoms with Gasteiger partial charge in [0.1, 0.15) is 0 Å². The van der Waals surface area contributed by atoms with E-state index in [9.17, 15) is 4.79 Å². The Morgan fingerprint density at radius 3 is 2.40 bits per heavy atom. The van der Waals surface area contributed by atoms with Crippen LogP contribution in [0.4, 0.5) is 0 Å². The van der Waals surface area contributed by atoms with Crippen LogP contribution in [-0.2, 0) is 17.8 Å². The zero-order chi connectivity index (χ0) is 11.1. The van der Waals surface area contributed by atoms with Gasteiger partial charge in [0.2, 0.25) is 0 Å². The van der Waals surface area contributed by atoms with E-state index < -0.39 is 5.97 Å². The molecule has 0 spiro atoms. The predicted molar refractivity (Wildman–Crippen MR) is 59.8 cm³/mol. The fraction of sp³-hybridized carbons (Fsp3) is 0.417. The monoisotopic (exact) mass is 207 g/mol. The Labute approximate surface area is 90.1 Å². The Bertz CT molecular complexity index is 306. The maximum Gasteiger partial charge on any atom is 0.317 e. The average Bonchev–Trinajstić information content (AvgIpc) is 2.20. The highest BCUT2D eigenvalue weighted by molar-refractivity contribution is 5.68. The molecule has 0 fully saturated rings. The number of nitrogens with one attached hydrogen (secondary N) is 1. The smallest absolute Gasteiger partial charge is 0.317 e. The molecule has 1 aromatic rings. The molecule has 0 bridgehead atoms. The molecule has 1 aromatic carbocycles. The highest BCUT2D eigenvalue weighted by Gasteiger charge is 1.97. The zero-order valence-electron chi connectivity index (χ0n) is 8.99. The highest BCUT2D eigenvalue weighted by Crippen LogP contribution is 2.06. The molecule has 15 heavy (non-hydrogen) atoms. The van der Waals surface area contributed by atoms with Crippen LogP contribution in [0.1, 0.15) is 24.5 Å². The Hall–Kier alpha value is -1.35. The molecule has 3 heteroatoms. The Morgan fingerprint density at radius 1 is 1.27 bits per heavy atom. The molecule has 0 aliphatic carbocycles. The predicted octanol–water partition coefficient (Wildman–Crippen LogP) is 1.81. The number of carbonyl (C=O) groups is 1. The van der Waals surface area contributed by atoms with Crippen molar-refractivity contribution in [2.24, 2.45) is 0 Å². The SMILES string of the molecule is CCCc1ccc(CNCC(=O)O)cc1. The van der Waals surface area contributed by atoms with Crippen molar-refractivity contribution >= 4 is 5.97 Å². The fourth-order valence-electron chi connectivity index (χ4n) is 1.43. The summed E-state index contributed by atoms with van der Waals surface area (Å²) in [5.41, 5.74) is 2.45. The van der Waals surface area contributed by atoms with Gasteiger partial charge in [-0.2, -0.15) is 0 Å². The van der Waals surface area contributed by atoms with Crippen LogP contribution in [0.15, 0.2) is 24.3 Å². The van der Waals surface area contributed by atoms with Crippen LogP contribution in [0.5, 0.6) is 0 Å². The van der Waals surface area contributed by atoms with E-state index in [1.807, 2.05) is 12.1 Å². The third-order valence-corrected chi connectivity index (χ3v) is 2.17. The van der Waals surface area contributed by atoms with Crippen LogP contribution in [-0.4, -0.2) is 17.6 Å². The Balaban J connectivity index is 2.39. The van der Waals surface area contributed by atoms with Crippen molar-refractivity contribution in [3.63, 3.8) is 0 Å². The summed E-state index contributed by atoms with van der Waals surface area (Å²) >= 11 is 0. The number of hydrogen-bond acceptors (Lipinski definition) is 2. The van der Waals surface area contributed by atoms with Crippen molar-refractivity contribution in [1.29, 1.82) is 0 Å². The molecular formula is C12H17NO2. The van der Waals surface area contributed by atoms with Gasteiger partial charge in [-0.1, -0.05) is 37.6 Å². The summed E-state index contributed by atoms with van der Waals surface area (Å²) < 4.78 is 0. The quantitative estimate of drug-likeness (QED) is 0.748. The van der Waals surface area contributed by atoms with Crippen LogP contribution >= 0.6 is 0 Å². The summed E-state index contributed by atoms with van der Waals surface area (Å²) in [7, 11) is 0. The van der Waals surface area contributed by atoms with E-state index in [1.54, 1.807) is 0 Å². The molecule has 0 aliphatic rings. The van der Waals surface area contributed by atoms with E-state index in [0.717, 1.165) is 18.4 Å². The van der Waals surface area contributed by atoms with E-state index in [0.29, 0.717) is 6.54 Å². The van der Waals surface area contributed by atoms with Crippen molar-refractivity contribution < 1.29 is 9.90 Å². The fourth-order valence-corrected chi connectivity index (χ4v) is 1.43. The van der Waals surface area contributed by atoms with Crippen molar-refractivity contribution in [2.75, 3.05) is 6.54 Å². The second kappa shape index (κ2) is 6.19. The van der Waals surface area contributed by atoms with Gasteiger partial charge in [0.05, 0.1) is 6.54 Å². The normalized spacial score (nSPS) is 10.2. The molecule has 0 aliphatic heterocycles. The number of carboxylic acids is 1. The van der Waals surface area contributed by atoms with Gasteiger partial charge >= 0.3 is 5.97 Å². The largest absolute Gasteiger partial charge is 0.480 e. The van der Waals surface area contributed by atoms with Gasteiger partial charge in [0, 0.05) is 6.54 Å². The number of hydrogen-bond donors (Lipinski definition) is 2. The molecule has 0 saturated carbocycles. The number of rotatable bonds is 6. The lowest BCUT2D eigenvalue weighted by Gasteiger charge is -2.03. The molecule has 0 atom stereocenters. The minimum Gasteiger partial charge on any atom is -0.480 e. The first-order valence-electron chi connectivity index (χ1n) is 5.22. The summed E-state index contributed by atoms with van der Waals surface area (Å²) in [6.45, 7) is 2.78. The van der Waals surface area contributed by atoms with Crippen LogP contribution in [0.3, 0.4) is 0 Å². The lowest BCUT2D eigenvalue weighted by Crippen LogP contribution is -2.21. The van der Waals surface area contributed by atoms with Gasteiger partial charge < -0.3 is 10.4 Å². The van der Waals surface area contributed by atoms with E-state index in [-0.39, 0.29) is 6.54 Å². The molecule has 0 amide bonds. The van der Waals surface area contributed by atoms with Crippen LogP contribution in [0, 0.1) is 0 Å². The molecule has 3 nitrogen and oxygen atoms in total. The van der Waals surface area contributed by atoms with Gasteiger partial charge in [-0.25, -0.2) is 0 Å². The molecule has 1 rings (SSSR count). The number of aryl methyl sites for hydroxylation is 1. The van der Waals surface area contributed by atoms with Crippen LogP contribution < -0.4 is 5.32 Å². The third kappa shape index (κ3) is 4.61. The van der Waals surface area contributed by atoms with Crippen molar-refractivity contribution in [3.8, 4) is 0 Å². The van der Waals surface area contributed by atoms with E-state index in [2.05, 4.69) is 24.4 Å². The molecule has 0 aromatic heterocycles. The van der Waals surface area contributed by atoms with Gasteiger partial charge in [-0.05, 0) is 17.5 Å². The lowest BCUT2D eigenvalue weighted by atomic mass is 10.1. The zero-order valence-corrected chi connectivity index (χ0v) is 8.99. The molecular weight excluding hydrogens is 190 g/mol. The van der Waals surface area contributed by atoms with Gasteiger partial charge in [0.25, 0.3) is 0 Å². The maximum absolute atomic E-state index is 10.3. The Morgan fingerprint density at radius 2 is 1.87 bits per heavy atom. The highest BCUT2D eigenvalue weighted by atomic mass is 16.4. The van der Waals surface area contributed by atoms with E-state index >= 15 is 0 Å². The van der Waals surface area contributed by atoms with Crippen LogP contribution in [0.2, 0.25) is 0 Å². The summed E-state index contributed by atoms with van der Waals surface area (Å²) in [6.07, 6.45) is 2.25. The first-order valence-corrected chi connectivity index (χ1v) is 5.22. The molecule has 0 radical (unpaired) electrons. The summed E-state index contributed by atoms with van der Waals surface area (Å²) in [5.74, 6) is -0.822. The number of benzene rings is 1. The second-order valence-corrected chi connectivity index (χ2v) is 3.56. The minimum absolute atomic E-state index is 0.0106. The van der Waals surface area contributed by atoms with Crippen molar-refractivity contribution in [3.05, 3.63) is 35.4 Å². The standard InChI is InChI=1S/C12H17NO2/c1-2-3-10-4-6-11(7-5-10)8-13-9-12(14)15/h4-7,13H,2-3,8-9H2,1H3,(H,14,15). The van der Waals surface area contributed by atoms with Gasteiger partial charge in [-0.15, -0.1) is 0 Å². The first-order chi connectivity index (χ1) is 7.22. The summed E-state index contributed by atoms with van der Waals surface area (Å²) in [4.78, 5) is 10.3. The van der Waals surface area contributed by atoms with Crippen molar-refractivity contribution in [2.45, 2.75) is 26.3 Å². The molecule has 0 saturated heterocycles. The number of aliphatic carboxylic acids is 1. The first kappa shape index (κ1) is 11.7. The Kier molecular flexibility index (Phi) is 4.84. The third-order valence-electron chi connectivity index (χ3n) is 2.17. The van der Waals surface area contributed by atoms with Crippen molar-refractivity contribution in [1.82, 2.24) is 5.32 Å². The molecule has 0 heterocycles. The maximum atomic E-state index is 10.3. The summed E-state index contributed by atoms with van der Waals surface area (Å²) in [6, 6.07) is 8.28. The van der Waals surface area contributed by atoms with Gasteiger partial charge in [-0.3, -0.25) is 4.79 Å². The van der Waals surface area contributed by atoms with E-state index in [4.69, 9.17) is 5.11 Å². The number of carboxylic acid groups (broad SMARTS) is 1.